The molecule has 1 N–H and O–H groups in total. The van der Waals surface area contributed by atoms with E-state index < -0.39 is 0 Å². The van der Waals surface area contributed by atoms with Gasteiger partial charge in [-0.3, -0.25) is 10.1 Å². The van der Waals surface area contributed by atoms with Gasteiger partial charge >= 0.3 is 5.97 Å². The van der Waals surface area contributed by atoms with E-state index in [9.17, 15) is 14.9 Å². The number of esters is 1. The quantitative estimate of drug-likeness (QED) is 0.388. The molecule has 2 aromatic carbocycles. The van der Waals surface area contributed by atoms with Crippen molar-refractivity contribution in [3.63, 3.8) is 0 Å². The Morgan fingerprint density at radius 1 is 1.27 bits per heavy atom. The highest BCUT2D eigenvalue weighted by Gasteiger charge is 2.38. The van der Waals surface area contributed by atoms with E-state index in [1.807, 2.05) is 18.2 Å². The van der Waals surface area contributed by atoms with E-state index in [-0.39, 0.29) is 34.5 Å². The first-order chi connectivity index (χ1) is 12.6. The highest BCUT2D eigenvalue weighted by molar-refractivity contribution is 5.90. The number of rotatable bonds is 3. The molecule has 0 saturated heterocycles. The lowest BCUT2D eigenvalue weighted by molar-refractivity contribution is -0.384. The zero-order valence-electron chi connectivity index (χ0n) is 14.2. The molecule has 132 valence electrons. The van der Waals surface area contributed by atoms with E-state index in [2.05, 4.69) is 17.5 Å². The van der Waals surface area contributed by atoms with E-state index in [1.54, 1.807) is 18.2 Å². The summed E-state index contributed by atoms with van der Waals surface area (Å²) in [4.78, 5) is 22.6. The van der Waals surface area contributed by atoms with Crippen molar-refractivity contribution in [2.24, 2.45) is 5.92 Å². The SMILES string of the molecule is COC(=O)c1ccc2c(c1)[C@@H]1C=CC[C@@H]1[C@H](c1cccc([N+](=O)[O-])c1)N2. The lowest BCUT2D eigenvalue weighted by Crippen LogP contribution is -2.29. The largest absolute Gasteiger partial charge is 0.465 e. The number of methoxy groups -OCH3 is 1. The van der Waals surface area contributed by atoms with Gasteiger partial charge in [-0.05, 0) is 41.7 Å². The van der Waals surface area contributed by atoms with Gasteiger partial charge in [0.1, 0.15) is 0 Å². The van der Waals surface area contributed by atoms with Crippen LogP contribution in [0.1, 0.15) is 39.9 Å². The van der Waals surface area contributed by atoms with Crippen molar-refractivity contribution in [1.29, 1.82) is 0 Å². The summed E-state index contributed by atoms with van der Waals surface area (Å²) in [7, 11) is 1.37. The number of benzene rings is 2. The Kier molecular flexibility index (Phi) is 3.95. The molecular formula is C20H18N2O4. The number of nitro benzene ring substituents is 1. The Morgan fingerprint density at radius 3 is 2.88 bits per heavy atom. The van der Waals surface area contributed by atoms with Gasteiger partial charge in [0.15, 0.2) is 0 Å². The van der Waals surface area contributed by atoms with Crippen molar-refractivity contribution in [3.05, 3.63) is 81.4 Å². The van der Waals surface area contributed by atoms with Crippen LogP contribution in [0.4, 0.5) is 11.4 Å². The average molecular weight is 350 g/mol. The zero-order valence-corrected chi connectivity index (χ0v) is 14.2. The Bertz CT molecular complexity index is 922. The molecular weight excluding hydrogens is 332 g/mol. The first-order valence-corrected chi connectivity index (χ1v) is 8.48. The van der Waals surface area contributed by atoms with Crippen molar-refractivity contribution in [2.75, 3.05) is 12.4 Å². The normalized spacial score (nSPS) is 22.9. The Hall–Kier alpha value is -3.15. The number of nitro groups is 1. The summed E-state index contributed by atoms with van der Waals surface area (Å²) in [5, 5.41) is 14.6. The molecule has 0 radical (unpaired) electrons. The van der Waals surface area contributed by atoms with Crippen LogP contribution < -0.4 is 5.32 Å². The Morgan fingerprint density at radius 2 is 2.12 bits per heavy atom. The summed E-state index contributed by atoms with van der Waals surface area (Å²) in [6, 6.07) is 12.3. The molecule has 2 aliphatic rings. The second-order valence-electron chi connectivity index (χ2n) is 6.62. The fraction of sp³-hybridized carbons (Fsp3) is 0.250. The molecule has 0 aromatic heterocycles. The third-order valence-electron chi connectivity index (χ3n) is 5.22. The summed E-state index contributed by atoms with van der Waals surface area (Å²) in [6.45, 7) is 0. The van der Waals surface area contributed by atoms with Crippen LogP contribution in [0.3, 0.4) is 0 Å². The molecule has 0 spiro atoms. The van der Waals surface area contributed by atoms with Gasteiger partial charge in [0.25, 0.3) is 5.69 Å². The van der Waals surface area contributed by atoms with Crippen LogP contribution in [0, 0.1) is 16.0 Å². The number of carbonyl (C=O) groups excluding carboxylic acids is 1. The number of nitrogens with zero attached hydrogens (tertiary/aromatic N) is 1. The third kappa shape index (κ3) is 2.63. The van der Waals surface area contributed by atoms with Crippen molar-refractivity contribution < 1.29 is 14.5 Å². The minimum absolute atomic E-state index is 0.0219. The van der Waals surface area contributed by atoms with Gasteiger partial charge in [0.05, 0.1) is 23.6 Å². The smallest absolute Gasteiger partial charge is 0.337 e. The molecule has 1 heterocycles. The monoisotopic (exact) mass is 350 g/mol. The number of hydrogen-bond acceptors (Lipinski definition) is 5. The molecule has 0 unspecified atom stereocenters. The number of ether oxygens (including phenoxy) is 1. The summed E-state index contributed by atoms with van der Waals surface area (Å²) >= 11 is 0. The molecule has 26 heavy (non-hydrogen) atoms. The van der Waals surface area contributed by atoms with E-state index in [4.69, 9.17) is 4.74 Å². The van der Waals surface area contributed by atoms with Crippen LogP contribution in [0.5, 0.6) is 0 Å². The maximum absolute atomic E-state index is 11.9. The molecule has 3 atom stereocenters. The number of nitrogens with one attached hydrogen (secondary N) is 1. The predicted molar refractivity (Wildman–Crippen MR) is 97.2 cm³/mol. The average Bonchev–Trinajstić information content (AvgIpc) is 3.16. The van der Waals surface area contributed by atoms with E-state index >= 15 is 0 Å². The number of allylic oxidation sites excluding steroid dienone is 2. The lowest BCUT2D eigenvalue weighted by atomic mass is 9.76. The second-order valence-corrected chi connectivity index (χ2v) is 6.62. The number of non-ortho nitro benzene ring substituents is 1. The van der Waals surface area contributed by atoms with Gasteiger partial charge in [-0.15, -0.1) is 0 Å². The van der Waals surface area contributed by atoms with Gasteiger partial charge in [0, 0.05) is 23.7 Å². The summed E-state index contributed by atoms with van der Waals surface area (Å²) < 4.78 is 4.82. The topological polar surface area (TPSA) is 81.5 Å². The molecule has 1 aliphatic carbocycles. The molecule has 0 fully saturated rings. The van der Waals surface area contributed by atoms with Crippen molar-refractivity contribution in [2.45, 2.75) is 18.4 Å². The van der Waals surface area contributed by atoms with E-state index in [0.29, 0.717) is 5.56 Å². The second kappa shape index (κ2) is 6.29. The Balaban J connectivity index is 1.75. The highest BCUT2D eigenvalue weighted by atomic mass is 16.6. The number of anilines is 1. The standard InChI is InChI=1S/C20H18N2O4/c1-26-20(23)13-8-9-18-17(11-13)15-6-3-7-16(15)19(21-18)12-4-2-5-14(10-12)22(24)25/h2-6,8-11,15-16,19,21H,7H2,1H3/t15-,16+,19+/m1/s1. The number of carbonyl (C=O) groups is 1. The predicted octanol–water partition coefficient (Wildman–Crippen LogP) is 4.21. The lowest BCUT2D eigenvalue weighted by Gasteiger charge is -2.37. The molecule has 0 amide bonds. The first-order valence-electron chi connectivity index (χ1n) is 8.48. The fourth-order valence-corrected chi connectivity index (χ4v) is 4.00. The van der Waals surface area contributed by atoms with Crippen LogP contribution in [-0.2, 0) is 4.74 Å². The molecule has 4 rings (SSSR count). The summed E-state index contributed by atoms with van der Waals surface area (Å²) in [6.07, 6.45) is 5.18. The number of fused-ring (bicyclic) bond motifs is 3. The third-order valence-corrected chi connectivity index (χ3v) is 5.22. The summed E-state index contributed by atoms with van der Waals surface area (Å²) in [5.41, 5.74) is 3.54. The molecule has 0 saturated carbocycles. The van der Waals surface area contributed by atoms with E-state index in [1.165, 1.54) is 13.2 Å². The van der Waals surface area contributed by atoms with Crippen molar-refractivity contribution in [1.82, 2.24) is 0 Å². The Labute approximate surface area is 150 Å². The maximum atomic E-state index is 11.9. The first kappa shape index (κ1) is 16.3. The van der Waals surface area contributed by atoms with Crippen molar-refractivity contribution in [3.8, 4) is 0 Å². The van der Waals surface area contributed by atoms with Gasteiger partial charge in [-0.1, -0.05) is 24.3 Å². The minimum atomic E-state index is -0.368. The van der Waals surface area contributed by atoms with Gasteiger partial charge in [-0.25, -0.2) is 4.79 Å². The van der Waals surface area contributed by atoms with Crippen LogP contribution in [0.15, 0.2) is 54.6 Å². The van der Waals surface area contributed by atoms with Gasteiger partial charge in [0.2, 0.25) is 0 Å². The molecule has 2 aromatic rings. The minimum Gasteiger partial charge on any atom is -0.465 e. The fourth-order valence-electron chi connectivity index (χ4n) is 4.00. The molecule has 1 aliphatic heterocycles. The van der Waals surface area contributed by atoms with Crippen LogP contribution in [0.25, 0.3) is 0 Å². The van der Waals surface area contributed by atoms with E-state index in [0.717, 1.165) is 23.2 Å². The highest BCUT2D eigenvalue weighted by Crippen LogP contribution is 2.50. The van der Waals surface area contributed by atoms with Crippen LogP contribution in [0.2, 0.25) is 0 Å². The van der Waals surface area contributed by atoms with Gasteiger partial charge in [-0.2, -0.15) is 0 Å². The summed E-state index contributed by atoms with van der Waals surface area (Å²) in [5.74, 6) is 0.0599. The van der Waals surface area contributed by atoms with Crippen LogP contribution >= 0.6 is 0 Å². The maximum Gasteiger partial charge on any atom is 0.337 e. The van der Waals surface area contributed by atoms with Crippen molar-refractivity contribution >= 4 is 17.3 Å². The molecule has 6 heteroatoms. The number of hydrogen-bond donors (Lipinski definition) is 1. The molecule has 6 nitrogen and oxygen atoms in total. The van der Waals surface area contributed by atoms with Gasteiger partial charge < -0.3 is 10.1 Å². The molecule has 0 bridgehead atoms. The zero-order chi connectivity index (χ0) is 18.3. The van der Waals surface area contributed by atoms with Crippen LogP contribution in [-0.4, -0.2) is 18.0 Å².